The Balaban J connectivity index is 2.36. The van der Waals surface area contributed by atoms with Crippen molar-refractivity contribution >= 4 is 33.0 Å². The van der Waals surface area contributed by atoms with Gasteiger partial charge in [0.15, 0.2) is 0 Å². The van der Waals surface area contributed by atoms with Crippen LogP contribution in [0.15, 0.2) is 46.9 Å². The third-order valence-electron chi connectivity index (χ3n) is 3.38. The highest BCUT2D eigenvalue weighted by Crippen LogP contribution is 2.35. The van der Waals surface area contributed by atoms with E-state index in [4.69, 9.17) is 4.42 Å². The number of aromatic nitrogens is 1. The number of para-hydroxylation sites is 2. The van der Waals surface area contributed by atoms with Crippen molar-refractivity contribution in [3.63, 3.8) is 0 Å². The molecular formula is C15H11NO. The van der Waals surface area contributed by atoms with Crippen LogP contribution in [0, 0.1) is 6.92 Å². The lowest BCUT2D eigenvalue weighted by Crippen LogP contribution is -1.74. The first-order chi connectivity index (χ1) is 8.34. The topological polar surface area (TPSA) is 28.9 Å². The lowest BCUT2D eigenvalue weighted by molar-refractivity contribution is 0.657. The number of nitrogens with one attached hydrogen (secondary N) is 1. The summed E-state index contributed by atoms with van der Waals surface area (Å²) < 4.78 is 5.84. The maximum Gasteiger partial charge on any atom is 0.206 e. The summed E-state index contributed by atoms with van der Waals surface area (Å²) in [5.41, 5.74) is 4.23. The number of H-pyrrole nitrogens is 1. The minimum atomic E-state index is 0.871. The van der Waals surface area contributed by atoms with Crippen molar-refractivity contribution in [2.75, 3.05) is 0 Å². The summed E-state index contributed by atoms with van der Waals surface area (Å²) in [5, 5.41) is 3.61. The summed E-state index contributed by atoms with van der Waals surface area (Å²) in [6, 6.07) is 14.5. The first-order valence-electron chi connectivity index (χ1n) is 5.73. The molecule has 0 fully saturated rings. The maximum atomic E-state index is 5.84. The molecule has 17 heavy (non-hydrogen) atoms. The minimum Gasteiger partial charge on any atom is -0.440 e. The third-order valence-corrected chi connectivity index (χ3v) is 3.38. The fourth-order valence-corrected chi connectivity index (χ4v) is 2.56. The smallest absolute Gasteiger partial charge is 0.206 e. The zero-order valence-corrected chi connectivity index (χ0v) is 9.45. The van der Waals surface area contributed by atoms with Crippen molar-refractivity contribution in [1.82, 2.24) is 4.98 Å². The Morgan fingerprint density at radius 3 is 2.71 bits per heavy atom. The van der Waals surface area contributed by atoms with Gasteiger partial charge in [0.05, 0.1) is 10.9 Å². The molecule has 0 amide bonds. The SMILES string of the molecule is Cc1cccc2c1[nH]c1oc3ccccc3c12. The summed E-state index contributed by atoms with van der Waals surface area (Å²) in [7, 11) is 0. The van der Waals surface area contributed by atoms with Gasteiger partial charge in [-0.3, -0.25) is 0 Å². The van der Waals surface area contributed by atoms with E-state index in [1.54, 1.807) is 0 Å². The molecule has 2 heteroatoms. The molecule has 82 valence electrons. The number of rotatable bonds is 0. The van der Waals surface area contributed by atoms with Crippen LogP contribution in [0.1, 0.15) is 5.56 Å². The average molecular weight is 221 g/mol. The van der Waals surface area contributed by atoms with Gasteiger partial charge in [0, 0.05) is 10.8 Å². The minimum absolute atomic E-state index is 0.871. The first kappa shape index (κ1) is 8.88. The highest BCUT2D eigenvalue weighted by molar-refractivity contribution is 6.19. The van der Waals surface area contributed by atoms with Crippen LogP contribution in [0.2, 0.25) is 0 Å². The number of hydrogen-bond donors (Lipinski definition) is 1. The second-order valence-electron chi connectivity index (χ2n) is 4.42. The molecule has 0 bridgehead atoms. The van der Waals surface area contributed by atoms with Crippen molar-refractivity contribution in [3.8, 4) is 0 Å². The van der Waals surface area contributed by atoms with E-state index in [1.807, 2.05) is 18.2 Å². The Hall–Kier alpha value is -2.22. The van der Waals surface area contributed by atoms with E-state index in [2.05, 4.69) is 36.2 Å². The second-order valence-corrected chi connectivity index (χ2v) is 4.42. The standard InChI is InChI=1S/C15H11NO/c1-9-5-4-7-11-13-10-6-2-3-8-12(10)17-15(13)16-14(9)11/h2-8,16H,1H3. The summed E-state index contributed by atoms with van der Waals surface area (Å²) >= 11 is 0. The third kappa shape index (κ3) is 1.04. The average Bonchev–Trinajstić information content (AvgIpc) is 2.85. The molecule has 0 radical (unpaired) electrons. The van der Waals surface area contributed by atoms with Crippen molar-refractivity contribution in [1.29, 1.82) is 0 Å². The molecule has 1 N–H and O–H groups in total. The molecule has 0 aliphatic rings. The van der Waals surface area contributed by atoms with E-state index in [0.717, 1.165) is 11.3 Å². The van der Waals surface area contributed by atoms with E-state index < -0.39 is 0 Å². The molecule has 0 aliphatic heterocycles. The predicted molar refractivity (Wildman–Crippen MR) is 70.3 cm³/mol. The van der Waals surface area contributed by atoms with Gasteiger partial charge in [-0.15, -0.1) is 0 Å². The lowest BCUT2D eigenvalue weighted by Gasteiger charge is -1.95. The molecule has 2 heterocycles. The van der Waals surface area contributed by atoms with Crippen molar-refractivity contribution in [3.05, 3.63) is 48.0 Å². The van der Waals surface area contributed by atoms with Gasteiger partial charge in [-0.05, 0) is 18.6 Å². The van der Waals surface area contributed by atoms with Gasteiger partial charge in [0.1, 0.15) is 5.58 Å². The Labute approximate surface area is 97.8 Å². The number of furan rings is 1. The molecule has 2 nitrogen and oxygen atoms in total. The van der Waals surface area contributed by atoms with E-state index in [9.17, 15) is 0 Å². The number of hydrogen-bond acceptors (Lipinski definition) is 1. The number of benzene rings is 2. The van der Waals surface area contributed by atoms with Gasteiger partial charge in [0.25, 0.3) is 0 Å². The molecular weight excluding hydrogens is 210 g/mol. The van der Waals surface area contributed by atoms with Gasteiger partial charge in [-0.2, -0.15) is 0 Å². The van der Waals surface area contributed by atoms with Gasteiger partial charge in [-0.25, -0.2) is 0 Å². The summed E-state index contributed by atoms with van der Waals surface area (Å²) in [5.74, 6) is 0. The fraction of sp³-hybridized carbons (Fsp3) is 0.0667. The normalized spacial score (nSPS) is 11.8. The molecule has 4 aromatic rings. The first-order valence-corrected chi connectivity index (χ1v) is 5.73. The van der Waals surface area contributed by atoms with Gasteiger partial charge in [-0.1, -0.05) is 36.4 Å². The van der Waals surface area contributed by atoms with Crippen LogP contribution < -0.4 is 0 Å². The molecule has 2 aromatic heterocycles. The van der Waals surface area contributed by atoms with Crippen LogP contribution in [0.5, 0.6) is 0 Å². The van der Waals surface area contributed by atoms with Crippen LogP contribution in [-0.4, -0.2) is 4.98 Å². The monoisotopic (exact) mass is 221 g/mol. The van der Waals surface area contributed by atoms with Crippen LogP contribution in [-0.2, 0) is 0 Å². The van der Waals surface area contributed by atoms with E-state index in [0.29, 0.717) is 0 Å². The molecule has 0 unspecified atom stereocenters. The van der Waals surface area contributed by atoms with Crippen LogP contribution >= 0.6 is 0 Å². The Morgan fingerprint density at radius 2 is 1.76 bits per heavy atom. The Morgan fingerprint density at radius 1 is 0.941 bits per heavy atom. The lowest BCUT2D eigenvalue weighted by atomic mass is 10.1. The molecule has 0 aliphatic carbocycles. The Bertz CT molecular complexity index is 851. The maximum absolute atomic E-state index is 5.84. The fourth-order valence-electron chi connectivity index (χ4n) is 2.56. The predicted octanol–water partition coefficient (Wildman–Crippen LogP) is 4.38. The molecule has 0 saturated carbocycles. The van der Waals surface area contributed by atoms with Crippen LogP contribution in [0.3, 0.4) is 0 Å². The van der Waals surface area contributed by atoms with E-state index in [-0.39, 0.29) is 0 Å². The largest absolute Gasteiger partial charge is 0.440 e. The molecule has 2 aromatic carbocycles. The molecule has 4 rings (SSSR count). The Kier molecular flexibility index (Phi) is 1.52. The van der Waals surface area contributed by atoms with Gasteiger partial charge in [0.2, 0.25) is 5.71 Å². The van der Waals surface area contributed by atoms with Gasteiger partial charge >= 0.3 is 0 Å². The molecule has 0 spiro atoms. The highest BCUT2D eigenvalue weighted by atomic mass is 16.3. The number of aromatic amines is 1. The summed E-state index contributed by atoms with van der Waals surface area (Å²) in [6.07, 6.45) is 0. The van der Waals surface area contributed by atoms with Gasteiger partial charge < -0.3 is 9.40 Å². The molecule has 0 saturated heterocycles. The second kappa shape index (κ2) is 2.92. The van der Waals surface area contributed by atoms with E-state index >= 15 is 0 Å². The van der Waals surface area contributed by atoms with Crippen LogP contribution in [0.25, 0.3) is 33.0 Å². The molecule has 0 atom stereocenters. The van der Waals surface area contributed by atoms with E-state index in [1.165, 1.54) is 27.2 Å². The van der Waals surface area contributed by atoms with Crippen molar-refractivity contribution < 1.29 is 4.42 Å². The van der Waals surface area contributed by atoms with Crippen molar-refractivity contribution in [2.24, 2.45) is 0 Å². The highest BCUT2D eigenvalue weighted by Gasteiger charge is 2.13. The zero-order valence-electron chi connectivity index (χ0n) is 9.45. The summed E-state index contributed by atoms with van der Waals surface area (Å²) in [4.78, 5) is 3.37. The quantitative estimate of drug-likeness (QED) is 0.469. The summed E-state index contributed by atoms with van der Waals surface area (Å²) in [6.45, 7) is 2.11. The zero-order chi connectivity index (χ0) is 11.4. The number of fused-ring (bicyclic) bond motifs is 5. The van der Waals surface area contributed by atoms with Crippen molar-refractivity contribution in [2.45, 2.75) is 6.92 Å². The number of aryl methyl sites for hydroxylation is 1. The van der Waals surface area contributed by atoms with Crippen LogP contribution in [0.4, 0.5) is 0 Å².